The van der Waals surface area contributed by atoms with E-state index >= 15 is 0 Å². The number of allylic oxidation sites excluding steroid dienone is 14. The van der Waals surface area contributed by atoms with Gasteiger partial charge in [-0.05, 0) is 77.0 Å². The summed E-state index contributed by atoms with van der Waals surface area (Å²) < 4.78 is 59.0. The fraction of sp³-hybridized carbons (Fsp3) is 0.688. The highest BCUT2D eigenvalue weighted by atomic mass is 32.3. The fourth-order valence-electron chi connectivity index (χ4n) is 6.34. The lowest BCUT2D eigenvalue weighted by Crippen LogP contribution is -2.60. The smallest absolute Gasteiger partial charge is 0.397 e. The first-order valence-corrected chi connectivity index (χ1v) is 24.2. The molecule has 0 aromatic carbocycles. The number of carbonyl (C=O) groups excluding carboxylic acids is 1. The number of hydrogen-bond acceptors (Lipinski definition) is 11. The van der Waals surface area contributed by atoms with Gasteiger partial charge in [0.25, 0.3) is 0 Å². The van der Waals surface area contributed by atoms with Crippen molar-refractivity contribution in [3.63, 3.8) is 0 Å². The summed E-state index contributed by atoms with van der Waals surface area (Å²) in [5.41, 5.74) is 0. The predicted molar refractivity (Wildman–Crippen MR) is 243 cm³/mol. The molecule has 0 aromatic heterocycles. The summed E-state index contributed by atoms with van der Waals surface area (Å²) >= 11 is 0. The first-order chi connectivity index (χ1) is 29.6. The van der Waals surface area contributed by atoms with E-state index in [1.165, 1.54) is 51.4 Å². The topological polar surface area (TPSA) is 178 Å². The number of carbonyl (C=O) groups is 1. The molecule has 0 radical (unpaired) electrons. The first-order valence-electron chi connectivity index (χ1n) is 22.8. The van der Waals surface area contributed by atoms with Crippen molar-refractivity contribution >= 4 is 16.4 Å². The summed E-state index contributed by atoms with van der Waals surface area (Å²) in [6, 6.07) is 0. The van der Waals surface area contributed by atoms with Gasteiger partial charge in [-0.3, -0.25) is 9.35 Å². The minimum Gasteiger partial charge on any atom is -0.457 e. The van der Waals surface area contributed by atoms with Crippen LogP contribution in [0.5, 0.6) is 0 Å². The van der Waals surface area contributed by atoms with E-state index in [4.69, 9.17) is 23.5 Å². The molecule has 1 saturated heterocycles. The summed E-state index contributed by atoms with van der Waals surface area (Å²) in [6.07, 6.45) is 42.0. The van der Waals surface area contributed by atoms with Crippen LogP contribution in [-0.4, -0.2) is 97.5 Å². The average Bonchev–Trinajstić information content (AvgIpc) is 3.23. The van der Waals surface area contributed by atoms with Crippen molar-refractivity contribution in [3.8, 4) is 0 Å². The molecule has 0 aromatic rings. The Kier molecular flexibility index (Phi) is 35.9. The van der Waals surface area contributed by atoms with Crippen LogP contribution in [-0.2, 0) is 38.3 Å². The van der Waals surface area contributed by atoms with Crippen LogP contribution >= 0.6 is 0 Å². The Morgan fingerprint density at radius 2 is 1.13 bits per heavy atom. The zero-order valence-corrected chi connectivity index (χ0v) is 38.0. The minimum atomic E-state index is -5.08. The number of ether oxygens (including phenoxy) is 4. The van der Waals surface area contributed by atoms with Gasteiger partial charge in [-0.25, -0.2) is 4.18 Å². The number of rotatable bonds is 38. The van der Waals surface area contributed by atoms with Crippen molar-refractivity contribution in [2.45, 2.75) is 185 Å². The molecule has 6 unspecified atom stereocenters. The molecule has 4 N–H and O–H groups in total. The second kappa shape index (κ2) is 38.9. The highest BCUT2D eigenvalue weighted by molar-refractivity contribution is 7.80. The van der Waals surface area contributed by atoms with Crippen LogP contribution in [0, 0.1) is 0 Å². The van der Waals surface area contributed by atoms with Crippen LogP contribution in [0.3, 0.4) is 0 Å². The van der Waals surface area contributed by atoms with Crippen molar-refractivity contribution in [1.29, 1.82) is 0 Å². The van der Waals surface area contributed by atoms with E-state index in [-0.39, 0.29) is 19.6 Å². The maximum Gasteiger partial charge on any atom is 0.397 e. The monoisotopic (exact) mass is 881 g/mol. The third-order valence-electron chi connectivity index (χ3n) is 9.76. The molecule has 1 heterocycles. The Morgan fingerprint density at radius 3 is 1.66 bits per heavy atom. The van der Waals surface area contributed by atoms with Gasteiger partial charge < -0.3 is 34.3 Å². The van der Waals surface area contributed by atoms with Gasteiger partial charge in [0, 0.05) is 13.0 Å². The maximum absolute atomic E-state index is 12.8. The van der Waals surface area contributed by atoms with Gasteiger partial charge in [0.05, 0.1) is 19.8 Å². The number of aliphatic hydroxyl groups excluding tert-OH is 3. The molecule has 6 atom stereocenters. The average molecular weight is 881 g/mol. The molecule has 1 fully saturated rings. The number of unbranched alkanes of at least 4 members (excludes halogenated alkanes) is 11. The van der Waals surface area contributed by atoms with Gasteiger partial charge in [0.2, 0.25) is 0 Å². The Bertz CT molecular complexity index is 1390. The lowest BCUT2D eigenvalue weighted by molar-refractivity contribution is -0.301. The Labute approximate surface area is 368 Å². The molecular weight excluding hydrogens is 801 g/mol. The predicted octanol–water partition coefficient (Wildman–Crippen LogP) is 9.68. The van der Waals surface area contributed by atoms with Gasteiger partial charge in [-0.15, -0.1) is 0 Å². The van der Waals surface area contributed by atoms with Crippen LogP contribution in [0.15, 0.2) is 85.1 Å². The van der Waals surface area contributed by atoms with Crippen LogP contribution < -0.4 is 0 Å². The Hall–Kier alpha value is -2.72. The van der Waals surface area contributed by atoms with E-state index in [9.17, 15) is 28.5 Å². The molecule has 0 spiro atoms. The summed E-state index contributed by atoms with van der Waals surface area (Å²) in [6.45, 7) is 3.74. The van der Waals surface area contributed by atoms with Crippen molar-refractivity contribution in [3.05, 3.63) is 85.1 Å². The fourth-order valence-corrected chi connectivity index (χ4v) is 6.85. The first kappa shape index (κ1) is 56.3. The highest BCUT2D eigenvalue weighted by Crippen LogP contribution is 2.26. The summed E-state index contributed by atoms with van der Waals surface area (Å²) in [4.78, 5) is 12.8. The van der Waals surface area contributed by atoms with Crippen LogP contribution in [0.1, 0.15) is 149 Å². The van der Waals surface area contributed by atoms with Crippen molar-refractivity contribution in [2.75, 3.05) is 26.4 Å². The molecule has 1 aliphatic rings. The summed E-state index contributed by atoms with van der Waals surface area (Å²) in [7, 11) is -5.08. The molecule has 0 bridgehead atoms. The molecule has 12 nitrogen and oxygen atoms in total. The van der Waals surface area contributed by atoms with Crippen LogP contribution in [0.25, 0.3) is 0 Å². The SMILES string of the molecule is CC/C=C\C/C=C\C/C=C\C/C=C\C/C=C\C/C=C\CCC(=O)OC(COCCCCCCCC/C=C\CCCCCCC)COC1OC(CO)C(O)C(OS(=O)(=O)O)C1O. The Balaban J connectivity index is 2.50. The van der Waals surface area contributed by atoms with Gasteiger partial charge in [-0.2, -0.15) is 8.42 Å². The van der Waals surface area contributed by atoms with Gasteiger partial charge in [0.15, 0.2) is 6.29 Å². The quantitative estimate of drug-likeness (QED) is 0.0200. The molecule has 0 saturated carbocycles. The second-order valence-electron chi connectivity index (χ2n) is 15.3. The third kappa shape index (κ3) is 32.6. The van der Waals surface area contributed by atoms with Crippen molar-refractivity contribution in [1.82, 2.24) is 0 Å². The lowest BCUT2D eigenvalue weighted by atomic mass is 9.99. The van der Waals surface area contributed by atoms with E-state index in [1.54, 1.807) is 0 Å². The molecule has 1 aliphatic heterocycles. The van der Waals surface area contributed by atoms with E-state index in [2.05, 4.69) is 90.9 Å². The van der Waals surface area contributed by atoms with Gasteiger partial charge in [0.1, 0.15) is 30.5 Å². The van der Waals surface area contributed by atoms with Gasteiger partial charge >= 0.3 is 16.4 Å². The largest absolute Gasteiger partial charge is 0.457 e. The number of hydrogen-bond donors (Lipinski definition) is 4. The Morgan fingerprint density at radius 1 is 0.639 bits per heavy atom. The van der Waals surface area contributed by atoms with Gasteiger partial charge in [-0.1, -0.05) is 150 Å². The standard InChI is InChI=1S/C48H80O12S/c1-3-5-7-9-11-13-15-17-19-20-21-22-23-25-27-29-31-33-35-37-44(50)58-42(41-57-48-46(52)47(60-61(53,54)55)45(51)43(39-49)59-48)40-56-38-36-34-32-30-28-26-24-18-16-14-12-10-8-6-4-2/h5,7,11,13,16-19,21-22,25,27,31,33,42-43,45-49,51-52H,3-4,6,8-10,12,14-15,20,23-24,26,28-30,32,34-41H2,1-2H3,(H,53,54,55)/b7-5-,13-11-,18-16-,19-17-,22-21-,27-25-,33-31-. The summed E-state index contributed by atoms with van der Waals surface area (Å²) in [5.74, 6) is -0.486. The molecule has 0 amide bonds. The second-order valence-corrected chi connectivity index (χ2v) is 16.3. The molecule has 13 heteroatoms. The molecule has 61 heavy (non-hydrogen) atoms. The zero-order chi connectivity index (χ0) is 44.7. The molecular formula is C48H80O12S. The molecule has 0 aliphatic carbocycles. The lowest BCUT2D eigenvalue weighted by Gasteiger charge is -2.41. The highest BCUT2D eigenvalue weighted by Gasteiger charge is 2.48. The maximum atomic E-state index is 12.8. The van der Waals surface area contributed by atoms with Crippen LogP contribution in [0.2, 0.25) is 0 Å². The summed E-state index contributed by atoms with van der Waals surface area (Å²) in [5, 5.41) is 30.7. The van der Waals surface area contributed by atoms with Crippen LogP contribution in [0.4, 0.5) is 0 Å². The number of aliphatic hydroxyl groups is 3. The number of esters is 1. The normalized spacial score (nSPS) is 20.9. The third-order valence-corrected chi connectivity index (χ3v) is 10.2. The van der Waals surface area contributed by atoms with Crippen molar-refractivity contribution in [2.24, 2.45) is 0 Å². The van der Waals surface area contributed by atoms with E-state index in [0.717, 1.165) is 70.6 Å². The zero-order valence-electron chi connectivity index (χ0n) is 37.2. The van der Waals surface area contributed by atoms with E-state index in [0.29, 0.717) is 13.0 Å². The van der Waals surface area contributed by atoms with Crippen molar-refractivity contribution < 1.29 is 56.2 Å². The van der Waals surface area contributed by atoms with E-state index in [1.807, 2.05) is 12.2 Å². The molecule has 1 rings (SSSR count). The molecule has 350 valence electrons. The minimum absolute atomic E-state index is 0.00357. The van der Waals surface area contributed by atoms with E-state index < -0.39 is 59.8 Å².